The van der Waals surface area contributed by atoms with Crippen LogP contribution in [-0.4, -0.2) is 35.3 Å². The van der Waals surface area contributed by atoms with E-state index in [4.69, 9.17) is 14.7 Å². The molecule has 0 fully saturated rings. The molecule has 0 saturated heterocycles. The minimum absolute atomic E-state index is 0.239. The van der Waals surface area contributed by atoms with Crippen LogP contribution in [0.25, 0.3) is 0 Å². The fourth-order valence-electron chi connectivity index (χ4n) is 2.15. The van der Waals surface area contributed by atoms with Crippen molar-refractivity contribution in [3.8, 4) is 11.8 Å². The summed E-state index contributed by atoms with van der Waals surface area (Å²) in [6.45, 7) is 5.19. The first-order valence-corrected chi connectivity index (χ1v) is 9.08. The van der Waals surface area contributed by atoms with Crippen molar-refractivity contribution in [2.75, 3.05) is 18.5 Å². The van der Waals surface area contributed by atoms with Crippen LogP contribution in [0.5, 0.6) is 5.75 Å². The van der Waals surface area contributed by atoms with E-state index in [2.05, 4.69) is 20.2 Å². The highest BCUT2D eigenvalue weighted by Crippen LogP contribution is 2.25. The quantitative estimate of drug-likeness (QED) is 0.543. The Morgan fingerprint density at radius 3 is 2.68 bits per heavy atom. The van der Waals surface area contributed by atoms with Gasteiger partial charge >= 0.3 is 6.09 Å². The molecule has 2 rings (SSSR count). The van der Waals surface area contributed by atoms with Gasteiger partial charge in [0.25, 0.3) is 5.91 Å². The van der Waals surface area contributed by atoms with Gasteiger partial charge in [-0.2, -0.15) is 14.7 Å². The molecule has 28 heavy (non-hydrogen) atoms. The molecule has 0 bridgehead atoms. The topological polar surface area (TPSA) is 126 Å². The summed E-state index contributed by atoms with van der Waals surface area (Å²) in [7, 11) is 0. The zero-order valence-corrected chi connectivity index (χ0v) is 16.4. The van der Waals surface area contributed by atoms with Crippen molar-refractivity contribution in [3.63, 3.8) is 0 Å². The van der Waals surface area contributed by atoms with Gasteiger partial charge in [-0.1, -0.05) is 0 Å². The van der Waals surface area contributed by atoms with Crippen molar-refractivity contribution in [1.82, 2.24) is 9.80 Å². The molecule has 0 saturated carbocycles. The van der Waals surface area contributed by atoms with Crippen molar-refractivity contribution in [1.29, 1.82) is 5.26 Å². The molecule has 10 heteroatoms. The van der Waals surface area contributed by atoms with E-state index in [0.29, 0.717) is 33.3 Å². The van der Waals surface area contributed by atoms with E-state index in [-0.39, 0.29) is 13.2 Å². The van der Waals surface area contributed by atoms with Crippen LogP contribution in [0, 0.1) is 18.3 Å². The number of anilines is 1. The number of nitrogens with one attached hydrogen (secondary N) is 2. The van der Waals surface area contributed by atoms with Crippen molar-refractivity contribution < 1.29 is 19.1 Å². The molecule has 2 aromatic rings. The Labute approximate surface area is 166 Å². The Kier molecular flexibility index (Phi) is 7.47. The first-order chi connectivity index (χ1) is 13.4. The zero-order valence-electron chi connectivity index (χ0n) is 15.6. The molecule has 146 valence electrons. The number of nitrogens with zero attached hydrogens (tertiary/aromatic N) is 3. The van der Waals surface area contributed by atoms with Gasteiger partial charge in [0.05, 0.1) is 35.2 Å². The maximum absolute atomic E-state index is 11.9. The third-order valence-corrected chi connectivity index (χ3v) is 4.27. The lowest BCUT2D eigenvalue weighted by atomic mass is 10.2. The number of aryl methyl sites for hydroxylation is 1. The predicted molar refractivity (Wildman–Crippen MR) is 105 cm³/mol. The molecule has 0 unspecified atom stereocenters. The molecule has 1 aromatic carbocycles. The lowest BCUT2D eigenvalue weighted by molar-refractivity contribution is -0.123. The van der Waals surface area contributed by atoms with E-state index >= 15 is 0 Å². The number of hydrogen-bond acceptors (Lipinski definition) is 8. The van der Waals surface area contributed by atoms with Crippen molar-refractivity contribution in [2.45, 2.75) is 20.8 Å². The van der Waals surface area contributed by atoms with E-state index in [1.807, 2.05) is 6.07 Å². The molecule has 0 spiro atoms. The van der Waals surface area contributed by atoms with E-state index in [9.17, 15) is 9.59 Å². The second-order valence-electron chi connectivity index (χ2n) is 5.47. The van der Waals surface area contributed by atoms with Crippen molar-refractivity contribution in [3.05, 3.63) is 41.1 Å². The molecule has 0 aliphatic heterocycles. The third-order valence-electron chi connectivity index (χ3n) is 3.42. The van der Waals surface area contributed by atoms with Crippen LogP contribution in [-0.2, 0) is 9.53 Å². The van der Waals surface area contributed by atoms with Gasteiger partial charge in [0.15, 0.2) is 6.61 Å². The Morgan fingerprint density at radius 1 is 1.32 bits per heavy atom. The average molecular weight is 401 g/mol. The molecule has 9 nitrogen and oxygen atoms in total. The van der Waals surface area contributed by atoms with Gasteiger partial charge in [0, 0.05) is 0 Å². The second kappa shape index (κ2) is 10.0. The van der Waals surface area contributed by atoms with Gasteiger partial charge in [-0.05, 0) is 56.6 Å². The highest BCUT2D eigenvalue weighted by molar-refractivity contribution is 7.11. The van der Waals surface area contributed by atoms with Gasteiger partial charge in [-0.15, -0.1) is 0 Å². The molecule has 0 radical (unpaired) electrons. The van der Waals surface area contributed by atoms with Crippen LogP contribution in [0.15, 0.2) is 29.4 Å². The number of carbonyl (C=O) groups excluding carboxylic acids is 2. The molecular formula is C18H19N5O4S. The van der Waals surface area contributed by atoms with Crippen LogP contribution in [0.1, 0.15) is 30.7 Å². The molecule has 2 N–H and O–H groups in total. The maximum Gasteiger partial charge on any atom is 0.412 e. The number of ether oxygens (including phenoxy) is 2. The fourth-order valence-corrected chi connectivity index (χ4v) is 2.99. The maximum atomic E-state index is 11.9. The van der Waals surface area contributed by atoms with Gasteiger partial charge in [0.2, 0.25) is 0 Å². The summed E-state index contributed by atoms with van der Waals surface area (Å²) in [4.78, 5) is 23.6. The summed E-state index contributed by atoms with van der Waals surface area (Å²) < 4.78 is 14.4. The standard InChI is InChI=1S/C18H19N5O4S/c1-4-26-18(25)20-17-16(12(3)23-28-17)11(2)21-22-15(24)10-27-14-7-5-13(9-19)6-8-14/h5-8H,4,10H2,1-3H3,(H,20,25)(H,22,24)/b21-11+. The number of rotatable bonds is 7. The molecule has 0 aliphatic carbocycles. The van der Waals surface area contributed by atoms with Crippen LogP contribution in [0.4, 0.5) is 9.80 Å². The van der Waals surface area contributed by atoms with Gasteiger partial charge < -0.3 is 9.47 Å². The Bertz CT molecular complexity index is 915. The van der Waals surface area contributed by atoms with Gasteiger partial charge in [-0.3, -0.25) is 10.1 Å². The van der Waals surface area contributed by atoms with E-state index < -0.39 is 12.0 Å². The van der Waals surface area contributed by atoms with Crippen LogP contribution in [0.2, 0.25) is 0 Å². The fraction of sp³-hybridized carbons (Fsp3) is 0.278. The van der Waals surface area contributed by atoms with Gasteiger partial charge in [0.1, 0.15) is 10.8 Å². The van der Waals surface area contributed by atoms with Crippen LogP contribution in [0.3, 0.4) is 0 Å². The number of benzene rings is 1. The number of aromatic nitrogens is 1. The lowest BCUT2D eigenvalue weighted by Gasteiger charge is -2.07. The minimum atomic E-state index is -0.583. The zero-order chi connectivity index (χ0) is 20.5. The SMILES string of the molecule is CCOC(=O)Nc1snc(C)c1/C(C)=N/NC(=O)COc1ccc(C#N)cc1. The average Bonchev–Trinajstić information content (AvgIpc) is 3.05. The lowest BCUT2D eigenvalue weighted by Crippen LogP contribution is -2.25. The Hall–Kier alpha value is -3.45. The normalized spacial score (nSPS) is 10.7. The summed E-state index contributed by atoms with van der Waals surface area (Å²) in [6.07, 6.45) is -0.583. The summed E-state index contributed by atoms with van der Waals surface area (Å²) >= 11 is 1.10. The summed E-state index contributed by atoms with van der Waals surface area (Å²) in [6, 6.07) is 8.41. The first-order valence-electron chi connectivity index (χ1n) is 8.31. The number of hydrazone groups is 1. The summed E-state index contributed by atoms with van der Waals surface area (Å²) in [5.41, 5.74) is 4.67. The molecule has 0 aliphatic rings. The second-order valence-corrected chi connectivity index (χ2v) is 6.25. The third kappa shape index (κ3) is 5.78. The number of carbonyl (C=O) groups is 2. The summed E-state index contributed by atoms with van der Waals surface area (Å²) in [5.74, 6) is 0.0121. The largest absolute Gasteiger partial charge is 0.484 e. The highest BCUT2D eigenvalue weighted by Gasteiger charge is 2.16. The minimum Gasteiger partial charge on any atom is -0.484 e. The van der Waals surface area contributed by atoms with Crippen LogP contribution < -0.4 is 15.5 Å². The molecule has 0 atom stereocenters. The highest BCUT2D eigenvalue weighted by atomic mass is 32.1. The van der Waals surface area contributed by atoms with E-state index in [1.54, 1.807) is 45.0 Å². The van der Waals surface area contributed by atoms with Crippen molar-refractivity contribution in [2.24, 2.45) is 5.10 Å². The molecule has 1 heterocycles. The van der Waals surface area contributed by atoms with Crippen molar-refractivity contribution >= 4 is 34.2 Å². The van der Waals surface area contributed by atoms with Crippen LogP contribution >= 0.6 is 11.5 Å². The van der Waals surface area contributed by atoms with E-state index in [1.165, 1.54) is 0 Å². The smallest absolute Gasteiger partial charge is 0.412 e. The first kappa shape index (κ1) is 20.9. The molecular weight excluding hydrogens is 382 g/mol. The molecule has 2 amide bonds. The number of hydrogen-bond donors (Lipinski definition) is 2. The van der Waals surface area contributed by atoms with Gasteiger partial charge in [-0.25, -0.2) is 10.2 Å². The predicted octanol–water partition coefficient (Wildman–Crippen LogP) is 2.81. The summed E-state index contributed by atoms with van der Waals surface area (Å²) in [5, 5.41) is 15.9. The molecule has 1 aromatic heterocycles. The number of nitriles is 1. The number of amides is 2. The Morgan fingerprint density at radius 2 is 2.04 bits per heavy atom. The van der Waals surface area contributed by atoms with E-state index in [0.717, 1.165) is 11.5 Å². The Balaban J connectivity index is 1.96. The monoisotopic (exact) mass is 401 g/mol.